The molecule has 1 aromatic rings. The van der Waals surface area contributed by atoms with Gasteiger partial charge in [0.1, 0.15) is 0 Å². The molecule has 5 nitrogen and oxygen atoms in total. The highest BCUT2D eigenvalue weighted by atomic mass is 16.3. The monoisotopic (exact) mass is 320 g/mol. The first-order valence-electron chi connectivity index (χ1n) is 7.97. The Hall–Kier alpha value is -1.88. The van der Waals surface area contributed by atoms with Crippen LogP contribution in [0.2, 0.25) is 0 Å². The van der Waals surface area contributed by atoms with E-state index in [1.165, 1.54) is 0 Å². The minimum Gasteiger partial charge on any atom is -0.391 e. The number of carbonyl (C=O) groups is 2. The first kappa shape index (κ1) is 19.2. The van der Waals surface area contributed by atoms with Crippen LogP contribution in [-0.2, 0) is 15.0 Å². The lowest BCUT2D eigenvalue weighted by molar-refractivity contribution is -0.136. The van der Waals surface area contributed by atoms with Gasteiger partial charge in [-0.05, 0) is 35.4 Å². The van der Waals surface area contributed by atoms with Gasteiger partial charge in [-0.3, -0.25) is 9.59 Å². The molecule has 0 saturated carbocycles. The molecule has 0 spiro atoms. The normalized spacial score (nSPS) is 12.8. The van der Waals surface area contributed by atoms with Gasteiger partial charge in [-0.1, -0.05) is 46.8 Å². The molecule has 23 heavy (non-hydrogen) atoms. The van der Waals surface area contributed by atoms with Crippen LogP contribution in [0, 0.1) is 5.92 Å². The topological polar surface area (TPSA) is 78.4 Å². The first-order valence-corrected chi connectivity index (χ1v) is 7.97. The van der Waals surface area contributed by atoms with Crippen LogP contribution >= 0.6 is 0 Å². The third-order valence-corrected chi connectivity index (χ3v) is 3.46. The van der Waals surface area contributed by atoms with Gasteiger partial charge in [0.2, 0.25) is 0 Å². The predicted molar refractivity (Wildman–Crippen MR) is 92.2 cm³/mol. The summed E-state index contributed by atoms with van der Waals surface area (Å²) < 4.78 is 0. The Morgan fingerprint density at radius 2 is 1.65 bits per heavy atom. The maximum atomic E-state index is 11.8. The number of hydrogen-bond donors (Lipinski definition) is 3. The van der Waals surface area contributed by atoms with Crippen molar-refractivity contribution in [1.82, 2.24) is 5.32 Å². The average Bonchev–Trinajstić information content (AvgIpc) is 2.43. The van der Waals surface area contributed by atoms with Gasteiger partial charge >= 0.3 is 11.8 Å². The second kappa shape index (κ2) is 8.11. The number of amides is 2. The van der Waals surface area contributed by atoms with Crippen LogP contribution in [0.25, 0.3) is 0 Å². The molecule has 5 heteroatoms. The Morgan fingerprint density at radius 1 is 1.09 bits per heavy atom. The van der Waals surface area contributed by atoms with Gasteiger partial charge in [-0.2, -0.15) is 0 Å². The molecule has 128 valence electrons. The molecular formula is C18H28N2O3. The molecule has 0 fully saturated rings. The fraction of sp³-hybridized carbons (Fsp3) is 0.556. The molecule has 3 N–H and O–H groups in total. The van der Waals surface area contributed by atoms with Crippen molar-refractivity contribution in [3.63, 3.8) is 0 Å². The van der Waals surface area contributed by atoms with Crippen molar-refractivity contribution < 1.29 is 14.7 Å². The van der Waals surface area contributed by atoms with Crippen molar-refractivity contribution in [2.75, 3.05) is 11.9 Å². The quantitative estimate of drug-likeness (QED) is 0.729. The number of nitrogens with one attached hydrogen (secondary N) is 2. The maximum Gasteiger partial charge on any atom is 0.313 e. The Labute approximate surface area is 138 Å². The van der Waals surface area contributed by atoms with E-state index in [-0.39, 0.29) is 12.0 Å². The molecule has 1 aromatic carbocycles. The molecule has 0 aromatic heterocycles. The van der Waals surface area contributed by atoms with Gasteiger partial charge in [0.25, 0.3) is 0 Å². The Morgan fingerprint density at radius 3 is 2.13 bits per heavy atom. The summed E-state index contributed by atoms with van der Waals surface area (Å²) in [4.78, 5) is 23.6. The van der Waals surface area contributed by atoms with Gasteiger partial charge in [0, 0.05) is 12.2 Å². The summed E-state index contributed by atoms with van der Waals surface area (Å²) in [6.07, 6.45) is -0.0614. The molecule has 0 aliphatic carbocycles. The average molecular weight is 320 g/mol. The Bertz CT molecular complexity index is 530. The van der Waals surface area contributed by atoms with Crippen LogP contribution in [0.4, 0.5) is 5.69 Å². The second-order valence-corrected chi connectivity index (χ2v) is 7.27. The summed E-state index contributed by atoms with van der Waals surface area (Å²) in [5.74, 6) is -1.14. The van der Waals surface area contributed by atoms with E-state index < -0.39 is 17.9 Å². The predicted octanol–water partition coefficient (Wildman–Crippen LogP) is 2.45. The molecule has 0 aliphatic rings. The van der Waals surface area contributed by atoms with Crippen molar-refractivity contribution in [2.45, 2.75) is 52.6 Å². The SMILES string of the molecule is CC(C)CC(O)CNC(=O)C(=O)Nc1ccc(C(C)(C)C)cc1. The largest absolute Gasteiger partial charge is 0.391 e. The number of rotatable bonds is 5. The van der Waals surface area contributed by atoms with E-state index in [2.05, 4.69) is 31.4 Å². The third-order valence-electron chi connectivity index (χ3n) is 3.46. The standard InChI is InChI=1S/C18H28N2O3/c1-12(2)10-15(21)11-19-16(22)17(23)20-14-8-6-13(7-9-14)18(3,4)5/h6-9,12,15,21H,10-11H2,1-5H3,(H,19,22)(H,20,23). The van der Waals surface area contributed by atoms with Crippen molar-refractivity contribution in [3.8, 4) is 0 Å². The molecule has 0 saturated heterocycles. The highest BCUT2D eigenvalue weighted by Gasteiger charge is 2.17. The summed E-state index contributed by atoms with van der Waals surface area (Å²) in [7, 11) is 0. The summed E-state index contributed by atoms with van der Waals surface area (Å²) in [5.41, 5.74) is 1.75. The molecular weight excluding hydrogens is 292 g/mol. The number of hydrogen-bond acceptors (Lipinski definition) is 3. The van der Waals surface area contributed by atoms with Crippen LogP contribution in [0.3, 0.4) is 0 Å². The summed E-state index contributed by atoms with van der Waals surface area (Å²) in [6.45, 7) is 10.4. The van der Waals surface area contributed by atoms with Gasteiger partial charge in [-0.25, -0.2) is 0 Å². The lowest BCUT2D eigenvalue weighted by atomic mass is 9.87. The van der Waals surface area contributed by atoms with Gasteiger partial charge in [0.15, 0.2) is 0 Å². The fourth-order valence-electron chi connectivity index (χ4n) is 2.16. The highest BCUT2D eigenvalue weighted by Crippen LogP contribution is 2.23. The van der Waals surface area contributed by atoms with E-state index in [9.17, 15) is 14.7 Å². The summed E-state index contributed by atoms with van der Waals surface area (Å²) in [5, 5.41) is 14.7. The van der Waals surface area contributed by atoms with Gasteiger partial charge in [0.05, 0.1) is 6.10 Å². The fourth-order valence-corrected chi connectivity index (χ4v) is 2.16. The molecule has 0 radical (unpaired) electrons. The van der Waals surface area contributed by atoms with Crippen LogP contribution in [0.15, 0.2) is 24.3 Å². The first-order chi connectivity index (χ1) is 10.6. The lowest BCUT2D eigenvalue weighted by Crippen LogP contribution is -2.39. The number of carbonyl (C=O) groups excluding carboxylic acids is 2. The zero-order valence-corrected chi connectivity index (χ0v) is 14.6. The van der Waals surface area contributed by atoms with Gasteiger partial charge in [-0.15, -0.1) is 0 Å². The van der Waals surface area contributed by atoms with Crippen LogP contribution in [-0.4, -0.2) is 29.6 Å². The molecule has 0 bridgehead atoms. The van der Waals surface area contributed by atoms with E-state index in [4.69, 9.17) is 0 Å². The molecule has 0 aliphatic heterocycles. The highest BCUT2D eigenvalue weighted by molar-refractivity contribution is 6.39. The zero-order valence-electron chi connectivity index (χ0n) is 14.6. The third kappa shape index (κ3) is 6.82. The number of aliphatic hydroxyl groups excluding tert-OH is 1. The van der Waals surface area contributed by atoms with E-state index in [1.54, 1.807) is 12.1 Å². The van der Waals surface area contributed by atoms with E-state index in [1.807, 2.05) is 26.0 Å². The van der Waals surface area contributed by atoms with Crippen molar-refractivity contribution >= 4 is 17.5 Å². The van der Waals surface area contributed by atoms with Crippen molar-refractivity contribution in [2.24, 2.45) is 5.92 Å². The van der Waals surface area contributed by atoms with Crippen LogP contribution < -0.4 is 10.6 Å². The molecule has 1 atom stereocenters. The zero-order chi connectivity index (χ0) is 17.6. The molecule has 1 rings (SSSR count). The molecule has 1 unspecified atom stereocenters. The van der Waals surface area contributed by atoms with E-state index in [0.29, 0.717) is 18.0 Å². The Kier molecular flexibility index (Phi) is 6.76. The maximum absolute atomic E-state index is 11.8. The minimum atomic E-state index is -0.743. The smallest absolute Gasteiger partial charge is 0.313 e. The molecule has 0 heterocycles. The van der Waals surface area contributed by atoms with Gasteiger partial charge < -0.3 is 15.7 Å². The molecule has 2 amide bonds. The second-order valence-electron chi connectivity index (χ2n) is 7.27. The number of aliphatic hydroxyl groups is 1. The minimum absolute atomic E-state index is 0.0342. The Balaban J connectivity index is 2.50. The number of benzene rings is 1. The lowest BCUT2D eigenvalue weighted by Gasteiger charge is -2.19. The summed E-state index contributed by atoms with van der Waals surface area (Å²) >= 11 is 0. The van der Waals surface area contributed by atoms with E-state index >= 15 is 0 Å². The summed E-state index contributed by atoms with van der Waals surface area (Å²) in [6, 6.07) is 7.42. The number of anilines is 1. The van der Waals surface area contributed by atoms with Crippen molar-refractivity contribution in [1.29, 1.82) is 0 Å². The van der Waals surface area contributed by atoms with Crippen molar-refractivity contribution in [3.05, 3.63) is 29.8 Å². The van der Waals surface area contributed by atoms with Crippen LogP contribution in [0.1, 0.15) is 46.6 Å². The van der Waals surface area contributed by atoms with Crippen LogP contribution in [0.5, 0.6) is 0 Å². The van der Waals surface area contributed by atoms with E-state index in [0.717, 1.165) is 5.56 Å².